The first-order chi connectivity index (χ1) is 33.5. The summed E-state index contributed by atoms with van der Waals surface area (Å²) in [5.41, 5.74) is 9.32. The Balaban J connectivity index is -0.000000489. The van der Waals surface area contributed by atoms with Crippen LogP contribution in [0.3, 0.4) is 0 Å². The molecule has 0 aromatic heterocycles. The first-order valence-electron chi connectivity index (χ1n) is 25.4. The van der Waals surface area contributed by atoms with E-state index in [9.17, 15) is 39.6 Å². The van der Waals surface area contributed by atoms with E-state index in [0.29, 0.717) is 13.1 Å². The van der Waals surface area contributed by atoms with Crippen LogP contribution in [0.1, 0.15) is 80.6 Å². The number of aliphatic hydroxyl groups is 7. The number of aliphatic hydroxyl groups excluding tert-OH is 7. The largest absolute Gasteiger partial charge is 0.453 e. The Morgan fingerprint density at radius 3 is 1.15 bits per heavy atom. The van der Waals surface area contributed by atoms with Gasteiger partial charge in [-0.05, 0) is 86.0 Å². The number of fused-ring (bicyclic) bond motifs is 1. The smallest absolute Gasteiger partial charge is 0.339 e. The van der Waals surface area contributed by atoms with Gasteiger partial charge in [0, 0.05) is 92.2 Å². The molecule has 426 valence electrons. The summed E-state index contributed by atoms with van der Waals surface area (Å²) >= 11 is 0. The first-order valence-corrected chi connectivity index (χ1v) is 25.4. The fourth-order valence-electron chi connectivity index (χ4n) is 7.07. The van der Waals surface area contributed by atoms with E-state index in [1.807, 2.05) is 21.1 Å². The van der Waals surface area contributed by atoms with Crippen LogP contribution >= 0.6 is 0 Å². The third-order valence-corrected chi connectivity index (χ3v) is 10.9. The van der Waals surface area contributed by atoms with E-state index in [-0.39, 0.29) is 20.5 Å². The summed E-state index contributed by atoms with van der Waals surface area (Å²) in [4.78, 5) is 54.9. The van der Waals surface area contributed by atoms with Crippen molar-refractivity contribution in [1.29, 1.82) is 0 Å². The normalized spacial score (nSPS) is 18.5. The van der Waals surface area contributed by atoms with Crippen LogP contribution in [0.5, 0.6) is 0 Å². The minimum atomic E-state index is -2.02. The Kier molecular flexibility index (Phi) is 52.1. The lowest BCUT2D eigenvalue weighted by atomic mass is 10.0. The molecule has 24 heteroatoms. The maximum Gasteiger partial charge on any atom is 0.339 e. The Morgan fingerprint density at radius 2 is 0.859 bits per heavy atom. The lowest BCUT2D eigenvalue weighted by molar-refractivity contribution is -0.368. The molecule has 0 unspecified atom stereocenters. The third kappa shape index (κ3) is 34.4. The Labute approximate surface area is 426 Å². The van der Waals surface area contributed by atoms with E-state index in [1.165, 1.54) is 25.9 Å². The van der Waals surface area contributed by atoms with Gasteiger partial charge in [-0.1, -0.05) is 48.5 Å². The molecule has 2 saturated heterocycles. The second kappa shape index (κ2) is 49.5. The summed E-state index contributed by atoms with van der Waals surface area (Å²) in [6.45, 7) is 27.3. The molecule has 2 aliphatic heterocycles. The van der Waals surface area contributed by atoms with E-state index in [1.54, 1.807) is 0 Å². The number of nitrogens with two attached hydrogens (primary N) is 1. The molecule has 0 radical (unpaired) electrons. The Hall–Kier alpha value is -2.76. The number of unbranched alkanes of at least 4 members (excludes halogenated alkanes) is 1. The number of carbonyl (C=O) groups excluding carboxylic acids is 4. The van der Waals surface area contributed by atoms with Gasteiger partial charge in [-0.2, -0.15) is 0 Å². The molecule has 2 fully saturated rings. The number of ether oxygens (including phenoxy) is 2. The first kappa shape index (κ1) is 74.8. The van der Waals surface area contributed by atoms with Crippen molar-refractivity contribution < 1.29 is 70.1 Å². The van der Waals surface area contributed by atoms with Crippen LogP contribution in [0.15, 0.2) is 0 Å². The van der Waals surface area contributed by atoms with Crippen LogP contribution in [0, 0.1) is 0 Å². The van der Waals surface area contributed by atoms with Crippen molar-refractivity contribution >= 4 is 23.8 Å². The number of amides is 2. The van der Waals surface area contributed by atoms with E-state index in [2.05, 4.69) is 96.0 Å². The number of hydrogen-bond donors (Lipinski definition) is 14. The lowest BCUT2D eigenvalue weighted by Crippen LogP contribution is -2.55. The zero-order valence-corrected chi connectivity index (χ0v) is 44.4. The van der Waals surface area contributed by atoms with Gasteiger partial charge in [0.15, 0.2) is 36.6 Å². The van der Waals surface area contributed by atoms with E-state index in [0.717, 1.165) is 118 Å². The number of esters is 2. The van der Waals surface area contributed by atoms with Gasteiger partial charge >= 0.3 is 11.9 Å². The molecule has 2 aliphatic rings. The molecule has 0 saturated carbocycles. The number of likely N-dealkylation sites (N-methyl/N-ethyl adjacent to an activating group) is 3. The second-order valence-corrected chi connectivity index (χ2v) is 16.8. The van der Waals surface area contributed by atoms with E-state index < -0.39 is 72.6 Å². The molecule has 0 aliphatic carbocycles. The summed E-state index contributed by atoms with van der Waals surface area (Å²) in [6, 6.07) is 0. The predicted octanol–water partition coefficient (Wildman–Crippen LogP) is -5.05. The molecule has 0 spiro atoms. The van der Waals surface area contributed by atoms with Gasteiger partial charge in [0.25, 0.3) is 11.8 Å². The van der Waals surface area contributed by atoms with Crippen molar-refractivity contribution in [3.63, 3.8) is 0 Å². The van der Waals surface area contributed by atoms with Crippen molar-refractivity contribution in [3.05, 3.63) is 0 Å². The molecule has 0 aromatic rings. The fraction of sp³-hybridized carbons (Fsp3) is 0.915. The van der Waals surface area contributed by atoms with Crippen LogP contribution < -0.4 is 38.1 Å². The van der Waals surface area contributed by atoms with Gasteiger partial charge in [0.05, 0.1) is 6.54 Å². The standard InChI is InChI=1S/C23H49N5O6.2C8H21N3.C6H6O6.CH4O.CH4/c1-5-8-14-27(12-6-2)16-10-25-22(33)20(31)18(29)19(30)21(32)23(34)26-11-17-28(13-7-3)15-9-24-4;2*1-3-6-11(7-4-9)8-5-10-2;7-1-3-4(12-5(1)9)2(8)6(10)11-3;1-2;/h18-21,24,29-32H,5-17H2,1-4H3,(H,25,33)(H,26,34);2*10H,3-9H2,1-2H3;1-4,7-8H;2H,1H3;1H4/p+1/t18-,19-,20-,21+;;;1-,2+,3-,4-;;/m1..1../s1. The number of nitrogens with zero attached hydrogens (tertiary/aromatic N) is 4. The average molecular weight is 1030 g/mol. The van der Waals surface area contributed by atoms with E-state index >= 15 is 0 Å². The van der Waals surface area contributed by atoms with Crippen molar-refractivity contribution in [1.82, 2.24) is 46.2 Å². The van der Waals surface area contributed by atoms with Gasteiger partial charge < -0.3 is 98.0 Å². The van der Waals surface area contributed by atoms with Gasteiger partial charge in [-0.3, -0.25) is 14.5 Å². The molecule has 24 nitrogen and oxygen atoms in total. The zero-order chi connectivity index (χ0) is 53.9. The second-order valence-electron chi connectivity index (χ2n) is 16.8. The summed E-state index contributed by atoms with van der Waals surface area (Å²) in [5.74, 6) is -3.48. The van der Waals surface area contributed by atoms with Gasteiger partial charge in [-0.25, -0.2) is 9.59 Å². The van der Waals surface area contributed by atoms with Crippen LogP contribution in [-0.2, 0) is 28.7 Å². The molecule has 8 atom stereocenters. The minimum absolute atomic E-state index is 0. The number of rotatable bonds is 35. The lowest BCUT2D eigenvalue weighted by Gasteiger charge is -2.26. The van der Waals surface area contributed by atoms with Crippen molar-refractivity contribution in [2.75, 3.05) is 153 Å². The molecule has 2 amide bonds. The van der Waals surface area contributed by atoms with Gasteiger partial charge in [0.1, 0.15) is 12.2 Å². The summed E-state index contributed by atoms with van der Waals surface area (Å²) in [5, 5.41) is 79.9. The highest BCUT2D eigenvalue weighted by Gasteiger charge is 2.57. The Morgan fingerprint density at radius 1 is 0.549 bits per heavy atom. The van der Waals surface area contributed by atoms with Crippen LogP contribution in [0.25, 0.3) is 0 Å². The molecule has 2 heterocycles. The SMILES string of the molecule is C.CCCCN(CCC)CCNC(=O)[C@H](O)[C@H](O)[C@@H](O)[C@H](O)C(=O)NCCN(CCC)CCNC.CCCN(CCN)CCNC.CCCN(CC[NH3+])CCNC.CO.O=C1O[C@H]2[C@H](OC(=O)[C@@H]2O)[C@@H]1O. The number of quaternary nitrogens is 1. The van der Waals surface area contributed by atoms with E-state index in [4.69, 9.17) is 21.1 Å². The molecule has 2 rings (SSSR count). The topological polar surface area (TPSA) is 355 Å². The molecule has 71 heavy (non-hydrogen) atoms. The maximum absolute atomic E-state index is 12.2. The molecular weight excluding hydrogens is 927 g/mol. The van der Waals surface area contributed by atoms with Gasteiger partial charge in [0.2, 0.25) is 0 Å². The zero-order valence-electron chi connectivity index (χ0n) is 44.4. The van der Waals surface area contributed by atoms with Crippen molar-refractivity contribution in [2.24, 2.45) is 5.73 Å². The summed E-state index contributed by atoms with van der Waals surface area (Å²) < 4.78 is 8.99. The number of nitrogens with one attached hydrogen (secondary N) is 5. The van der Waals surface area contributed by atoms with Crippen LogP contribution in [0.2, 0.25) is 0 Å². The average Bonchev–Trinajstić information content (AvgIpc) is 3.80. The van der Waals surface area contributed by atoms with Crippen LogP contribution in [-0.4, -0.2) is 281 Å². The molecular formula is C47H106N11O13+. The highest BCUT2D eigenvalue weighted by atomic mass is 16.7. The summed E-state index contributed by atoms with van der Waals surface area (Å²) in [6.07, 6.45) is -6.49. The quantitative estimate of drug-likeness (QED) is 0.0264. The summed E-state index contributed by atoms with van der Waals surface area (Å²) in [7, 11) is 6.83. The highest BCUT2D eigenvalue weighted by Crippen LogP contribution is 2.28. The maximum atomic E-state index is 12.2. The number of carbonyl (C=O) groups is 4. The fourth-order valence-corrected chi connectivity index (χ4v) is 7.07. The molecule has 17 N–H and O–H groups in total. The monoisotopic (exact) mass is 1030 g/mol. The minimum Gasteiger partial charge on any atom is -0.453 e. The predicted molar refractivity (Wildman–Crippen MR) is 277 cm³/mol. The van der Waals surface area contributed by atoms with Gasteiger partial charge in [-0.15, -0.1) is 0 Å². The van der Waals surface area contributed by atoms with Crippen LogP contribution in [0.4, 0.5) is 0 Å². The van der Waals surface area contributed by atoms with Crippen molar-refractivity contribution in [3.8, 4) is 0 Å². The third-order valence-electron chi connectivity index (χ3n) is 10.9. The molecule has 0 aromatic carbocycles. The molecule has 0 bridgehead atoms. The number of hydrogen-bond acceptors (Lipinski definition) is 21. The highest BCUT2D eigenvalue weighted by molar-refractivity contribution is 5.85. The Bertz CT molecular complexity index is 1170. The van der Waals surface area contributed by atoms with Crippen molar-refractivity contribution in [2.45, 2.75) is 129 Å².